The Morgan fingerprint density at radius 1 is 1.17 bits per heavy atom. The molecule has 7 heteroatoms. The van der Waals surface area contributed by atoms with Crippen LogP contribution in [0.1, 0.15) is 6.92 Å². The number of quaternary nitrogens is 1. The van der Waals surface area contributed by atoms with Gasteiger partial charge < -0.3 is 14.7 Å². The Balaban J connectivity index is 0. The van der Waals surface area contributed by atoms with Crippen molar-refractivity contribution in [2.75, 3.05) is 21.1 Å². The minimum Gasteiger partial charge on any atom is -0.303 e. The molecule has 0 unspecified atom stereocenters. The maximum absolute atomic E-state index is 10.4. The number of rotatable bonds is 0. The summed E-state index contributed by atoms with van der Waals surface area (Å²) in [6.07, 6.45) is 0. The van der Waals surface area contributed by atoms with E-state index in [1.54, 1.807) is 6.92 Å². The molecule has 6 nitrogen and oxygen atoms in total. The van der Waals surface area contributed by atoms with Crippen molar-refractivity contribution in [2.24, 2.45) is 0 Å². The first-order valence-electron chi connectivity index (χ1n) is 3.05. The lowest BCUT2D eigenvalue weighted by atomic mass is 10.5. The first kappa shape index (κ1) is 14.3. The molecule has 0 aromatic heterocycles. The van der Waals surface area contributed by atoms with Gasteiger partial charge in [0, 0.05) is 0 Å². The largest absolute Gasteiger partial charge is 0.466 e. The number of hydrogen-bond donors (Lipinski definition) is 3. The monoisotopic (exact) mass is 200 g/mol. The van der Waals surface area contributed by atoms with E-state index in [0.29, 0.717) is 4.48 Å². The lowest BCUT2D eigenvalue weighted by molar-refractivity contribution is -0.791. The van der Waals surface area contributed by atoms with Crippen LogP contribution >= 0.6 is 7.82 Å². The summed E-state index contributed by atoms with van der Waals surface area (Å²) in [4.78, 5) is 32.0. The van der Waals surface area contributed by atoms with Crippen molar-refractivity contribution in [1.29, 1.82) is 0 Å². The van der Waals surface area contributed by atoms with Crippen LogP contribution < -0.4 is 0 Å². The van der Waals surface area contributed by atoms with Crippen molar-refractivity contribution in [3.63, 3.8) is 0 Å². The normalized spacial score (nSPS) is 11.6. The molecule has 3 N–H and O–H groups in total. The van der Waals surface area contributed by atoms with Gasteiger partial charge in [-0.05, 0) is 0 Å². The van der Waals surface area contributed by atoms with Crippen molar-refractivity contribution in [3.8, 4) is 0 Å². The van der Waals surface area contributed by atoms with E-state index < -0.39 is 7.82 Å². The first-order valence-corrected chi connectivity index (χ1v) is 4.62. The number of phosphoric acid groups is 1. The molecule has 0 spiro atoms. The molecule has 0 atom stereocenters. The summed E-state index contributed by atoms with van der Waals surface area (Å²) >= 11 is 0. The van der Waals surface area contributed by atoms with Crippen molar-refractivity contribution in [1.82, 2.24) is 0 Å². The molecular weight excluding hydrogens is 185 g/mol. The summed E-state index contributed by atoms with van der Waals surface area (Å²) in [7, 11) is 0.910. The highest BCUT2D eigenvalue weighted by molar-refractivity contribution is 7.45. The van der Waals surface area contributed by atoms with E-state index in [0.717, 1.165) is 0 Å². The second-order valence-electron chi connectivity index (χ2n) is 3.04. The number of carbonyl (C=O) groups is 1. The molecule has 0 saturated heterocycles. The molecular formula is C5H15NO5P+. The molecule has 0 fully saturated rings. The Labute approximate surface area is 71.3 Å². The van der Waals surface area contributed by atoms with Crippen LogP contribution in [0.15, 0.2) is 0 Å². The average molecular weight is 200 g/mol. The molecule has 0 radical (unpaired) electrons. The molecule has 0 aromatic carbocycles. The Morgan fingerprint density at radius 2 is 1.25 bits per heavy atom. The highest BCUT2D eigenvalue weighted by Gasteiger charge is 2.11. The third-order valence-electron chi connectivity index (χ3n) is 0.945. The van der Waals surface area contributed by atoms with Crippen LogP contribution in [0.25, 0.3) is 0 Å². The number of nitrogens with zero attached hydrogens (tertiary/aromatic N) is 1. The Hall–Kier alpha value is -0.260. The average Bonchev–Trinajstić information content (AvgIpc) is 1.55. The summed E-state index contributed by atoms with van der Waals surface area (Å²) in [6.45, 7) is 1.58. The molecule has 12 heavy (non-hydrogen) atoms. The fourth-order valence-electron chi connectivity index (χ4n) is 0. The van der Waals surface area contributed by atoms with Crippen LogP contribution in [0, 0.1) is 0 Å². The smallest absolute Gasteiger partial charge is 0.303 e. The molecule has 0 aromatic rings. The number of carbonyl (C=O) groups excluding carboxylic acids is 1. The van der Waals surface area contributed by atoms with E-state index in [2.05, 4.69) is 0 Å². The maximum atomic E-state index is 10.4. The third-order valence-corrected chi connectivity index (χ3v) is 0.945. The summed E-state index contributed by atoms with van der Waals surface area (Å²) in [5.41, 5.74) is 0. The van der Waals surface area contributed by atoms with Crippen LogP contribution in [-0.2, 0) is 9.36 Å². The number of amides is 1. The maximum Gasteiger partial charge on any atom is 0.466 e. The van der Waals surface area contributed by atoms with E-state index >= 15 is 0 Å². The minimum absolute atomic E-state index is 0.181. The molecule has 0 saturated carbocycles. The minimum atomic E-state index is -4.64. The van der Waals surface area contributed by atoms with E-state index in [4.69, 9.17) is 19.2 Å². The fraction of sp³-hybridized carbons (Fsp3) is 0.800. The van der Waals surface area contributed by atoms with Gasteiger partial charge in [0.2, 0.25) is 0 Å². The van der Waals surface area contributed by atoms with Gasteiger partial charge in [-0.15, -0.1) is 0 Å². The molecule has 0 rings (SSSR count). The van der Waals surface area contributed by atoms with Gasteiger partial charge in [-0.1, -0.05) is 0 Å². The van der Waals surface area contributed by atoms with Crippen LogP contribution in [0.5, 0.6) is 0 Å². The van der Waals surface area contributed by atoms with Crippen molar-refractivity contribution in [3.05, 3.63) is 0 Å². The lowest BCUT2D eigenvalue weighted by Gasteiger charge is -2.17. The van der Waals surface area contributed by atoms with Crippen molar-refractivity contribution in [2.45, 2.75) is 6.92 Å². The molecule has 0 aliphatic carbocycles. The Morgan fingerprint density at radius 3 is 1.25 bits per heavy atom. The van der Waals surface area contributed by atoms with Crippen LogP contribution in [-0.4, -0.2) is 46.2 Å². The highest BCUT2D eigenvalue weighted by Crippen LogP contribution is 2.25. The quantitative estimate of drug-likeness (QED) is 0.355. The zero-order valence-electron chi connectivity index (χ0n) is 7.55. The summed E-state index contributed by atoms with van der Waals surface area (Å²) in [5, 5.41) is 0. The van der Waals surface area contributed by atoms with E-state index in [1.807, 2.05) is 21.1 Å². The SMILES string of the molecule is CC(=O)[N+](C)(C)C.O=P(O)(O)O. The van der Waals surface area contributed by atoms with Crippen molar-refractivity contribution < 1.29 is 28.5 Å². The molecule has 0 heterocycles. The topological polar surface area (TPSA) is 94.8 Å². The predicted molar refractivity (Wildman–Crippen MR) is 43.0 cm³/mol. The molecule has 1 amide bonds. The van der Waals surface area contributed by atoms with Gasteiger partial charge in [0.25, 0.3) is 0 Å². The summed E-state index contributed by atoms with van der Waals surface area (Å²) in [6, 6.07) is 0. The van der Waals surface area contributed by atoms with Crippen LogP contribution in [0.4, 0.5) is 0 Å². The first-order chi connectivity index (χ1) is 4.94. The number of hydrogen-bond acceptors (Lipinski definition) is 2. The van der Waals surface area contributed by atoms with Gasteiger partial charge in [-0.3, -0.25) is 4.48 Å². The second kappa shape index (κ2) is 4.69. The molecule has 0 bridgehead atoms. The van der Waals surface area contributed by atoms with Gasteiger partial charge in [0.15, 0.2) is 0 Å². The van der Waals surface area contributed by atoms with Crippen LogP contribution in [0.3, 0.4) is 0 Å². The third kappa shape index (κ3) is 22.6. The van der Waals surface area contributed by atoms with E-state index in [1.165, 1.54) is 0 Å². The molecule has 0 aliphatic heterocycles. The van der Waals surface area contributed by atoms with Gasteiger partial charge >= 0.3 is 13.7 Å². The predicted octanol–water partition coefficient (Wildman–Crippen LogP) is -0.690. The van der Waals surface area contributed by atoms with Crippen LogP contribution in [0.2, 0.25) is 0 Å². The molecule has 0 aliphatic rings. The van der Waals surface area contributed by atoms with E-state index in [-0.39, 0.29) is 5.91 Å². The van der Waals surface area contributed by atoms with Crippen molar-refractivity contribution >= 4 is 13.7 Å². The Bertz CT molecular complexity index is 182. The van der Waals surface area contributed by atoms with Gasteiger partial charge in [-0.25, -0.2) is 9.36 Å². The standard InChI is InChI=1S/C5H12NO.H3O4P/c1-5(7)6(2,3)4;1-5(2,3)4/h1-4H3;(H3,1,2,3,4)/q+1;. The zero-order valence-corrected chi connectivity index (χ0v) is 8.45. The summed E-state index contributed by atoms with van der Waals surface area (Å²) < 4.78 is 9.30. The van der Waals surface area contributed by atoms with E-state index in [9.17, 15) is 4.79 Å². The fourth-order valence-corrected chi connectivity index (χ4v) is 0. The van der Waals surface area contributed by atoms with Gasteiger partial charge in [0.05, 0.1) is 28.1 Å². The van der Waals surface area contributed by atoms with Gasteiger partial charge in [-0.2, -0.15) is 0 Å². The highest BCUT2D eigenvalue weighted by atomic mass is 31.2. The van der Waals surface area contributed by atoms with Gasteiger partial charge in [0.1, 0.15) is 0 Å². The lowest BCUT2D eigenvalue weighted by Crippen LogP contribution is -2.38. The summed E-state index contributed by atoms with van der Waals surface area (Å²) in [5.74, 6) is 0.181. The Kier molecular flexibility index (Phi) is 5.58. The zero-order chi connectivity index (χ0) is 10.6. The second-order valence-corrected chi connectivity index (χ2v) is 4.07. The molecule has 74 valence electrons.